The fourth-order valence-electron chi connectivity index (χ4n) is 4.24. The molecule has 5 rings (SSSR count). The molecule has 1 spiro atoms. The molecule has 0 aliphatic carbocycles. The van der Waals surface area contributed by atoms with Crippen LogP contribution in [0, 0.1) is 17.7 Å². The fraction of sp³-hybridized carbons (Fsp3) is 0.364. The largest absolute Gasteiger partial charge is 0.480 e. The molecule has 0 unspecified atom stereocenters. The average Bonchev–Trinajstić information content (AvgIpc) is 3.27. The van der Waals surface area contributed by atoms with Gasteiger partial charge in [-0.05, 0) is 18.2 Å². The van der Waals surface area contributed by atoms with Crippen LogP contribution in [0.1, 0.15) is 23.8 Å². The first-order valence-corrected chi connectivity index (χ1v) is 10.7. The summed E-state index contributed by atoms with van der Waals surface area (Å²) >= 11 is 3.23. The van der Waals surface area contributed by atoms with Gasteiger partial charge in [-0.3, -0.25) is 0 Å². The van der Waals surface area contributed by atoms with Gasteiger partial charge in [-0.2, -0.15) is 0 Å². The second-order valence-electron chi connectivity index (χ2n) is 7.61. The molecule has 2 saturated heterocycles. The lowest BCUT2D eigenvalue weighted by Crippen LogP contribution is -2.56. The predicted molar refractivity (Wildman–Crippen MR) is 114 cm³/mol. The van der Waals surface area contributed by atoms with Gasteiger partial charge in [0.15, 0.2) is 11.9 Å². The first-order chi connectivity index (χ1) is 15.5. The van der Waals surface area contributed by atoms with Crippen LogP contribution in [0.15, 0.2) is 35.2 Å². The van der Waals surface area contributed by atoms with Crippen LogP contribution < -0.4 is 4.74 Å². The van der Waals surface area contributed by atoms with E-state index in [2.05, 4.69) is 37.7 Å². The van der Waals surface area contributed by atoms with E-state index in [-0.39, 0.29) is 12.2 Å². The van der Waals surface area contributed by atoms with E-state index in [1.165, 1.54) is 19.5 Å². The van der Waals surface area contributed by atoms with Crippen LogP contribution in [0.25, 0.3) is 11.0 Å². The third kappa shape index (κ3) is 3.20. The highest BCUT2D eigenvalue weighted by Crippen LogP contribution is 2.49. The quantitative estimate of drug-likeness (QED) is 0.528. The fourth-order valence-corrected chi connectivity index (χ4v) is 4.57. The molecule has 2 aromatic heterocycles. The van der Waals surface area contributed by atoms with Crippen LogP contribution in [-0.4, -0.2) is 62.9 Å². The summed E-state index contributed by atoms with van der Waals surface area (Å²) in [7, 11) is 1.48. The number of halogens is 2. The minimum Gasteiger partial charge on any atom is -0.480 e. The molecule has 8 nitrogen and oxygen atoms in total. The van der Waals surface area contributed by atoms with Crippen molar-refractivity contribution in [3.05, 3.63) is 52.1 Å². The van der Waals surface area contributed by atoms with E-state index in [4.69, 9.17) is 14.2 Å². The van der Waals surface area contributed by atoms with Crippen LogP contribution >= 0.6 is 15.9 Å². The van der Waals surface area contributed by atoms with Crippen molar-refractivity contribution in [1.29, 1.82) is 0 Å². The Kier molecular flexibility index (Phi) is 5.39. The van der Waals surface area contributed by atoms with Crippen LogP contribution in [0.4, 0.5) is 4.39 Å². The molecule has 2 aliphatic heterocycles. The van der Waals surface area contributed by atoms with Crippen molar-refractivity contribution < 1.29 is 28.8 Å². The molecule has 1 aromatic carbocycles. The van der Waals surface area contributed by atoms with Crippen molar-refractivity contribution >= 4 is 27.0 Å². The predicted octanol–water partition coefficient (Wildman–Crippen LogP) is 2.15. The van der Waals surface area contributed by atoms with Crippen molar-refractivity contribution in [2.75, 3.05) is 20.3 Å². The van der Waals surface area contributed by atoms with Gasteiger partial charge in [-0.15, -0.1) is 0 Å². The SMILES string of the molecule is COc1ncnc2c1c(C#Cc1ccc(Br)cc1F)cn2[C@@H]1O[C@H](CO)[C@@H](O)[C@]12CCO2. The highest BCUT2D eigenvalue weighted by molar-refractivity contribution is 9.10. The van der Waals surface area contributed by atoms with Crippen molar-refractivity contribution in [2.24, 2.45) is 0 Å². The molecule has 2 aliphatic rings. The normalized spacial score (nSPS) is 26.7. The van der Waals surface area contributed by atoms with Crippen molar-refractivity contribution in [2.45, 2.75) is 30.5 Å². The van der Waals surface area contributed by atoms with Gasteiger partial charge in [0, 0.05) is 17.1 Å². The summed E-state index contributed by atoms with van der Waals surface area (Å²) in [4.78, 5) is 8.55. The second kappa shape index (κ2) is 8.10. The first kappa shape index (κ1) is 21.3. The van der Waals surface area contributed by atoms with E-state index in [1.807, 2.05) is 0 Å². The summed E-state index contributed by atoms with van der Waals surface area (Å²) in [6.07, 6.45) is 1.07. The molecular weight excluding hydrogens is 485 g/mol. The van der Waals surface area contributed by atoms with Crippen molar-refractivity contribution in [3.8, 4) is 17.7 Å². The van der Waals surface area contributed by atoms with Gasteiger partial charge in [0.2, 0.25) is 5.88 Å². The third-order valence-corrected chi connectivity index (χ3v) is 6.39. The van der Waals surface area contributed by atoms with Crippen LogP contribution in [0.2, 0.25) is 0 Å². The Morgan fingerprint density at radius 1 is 1.34 bits per heavy atom. The molecule has 2 fully saturated rings. The number of methoxy groups -OCH3 is 1. The minimum absolute atomic E-state index is 0.233. The number of hydrogen-bond acceptors (Lipinski definition) is 7. The summed E-state index contributed by atoms with van der Waals surface area (Å²) in [6.45, 7) is 0.123. The second-order valence-corrected chi connectivity index (χ2v) is 8.53. The number of fused-ring (bicyclic) bond motifs is 1. The lowest BCUT2D eigenvalue weighted by Gasteiger charge is -2.44. The zero-order chi connectivity index (χ0) is 22.5. The third-order valence-electron chi connectivity index (χ3n) is 5.90. The number of aliphatic hydroxyl groups excluding tert-OH is 2. The van der Waals surface area contributed by atoms with E-state index in [1.54, 1.807) is 22.9 Å². The summed E-state index contributed by atoms with van der Waals surface area (Å²) in [5.41, 5.74) is 0.194. The molecule has 0 amide bonds. The average molecular weight is 504 g/mol. The van der Waals surface area contributed by atoms with Crippen LogP contribution in [0.3, 0.4) is 0 Å². The molecule has 166 valence electrons. The Hall–Kier alpha value is -2.55. The Morgan fingerprint density at radius 3 is 2.78 bits per heavy atom. The molecule has 32 heavy (non-hydrogen) atoms. The Morgan fingerprint density at radius 2 is 2.12 bits per heavy atom. The summed E-state index contributed by atoms with van der Waals surface area (Å²) in [5, 5.41) is 20.9. The smallest absolute Gasteiger partial charge is 0.227 e. The van der Waals surface area contributed by atoms with Crippen molar-refractivity contribution in [3.63, 3.8) is 0 Å². The van der Waals surface area contributed by atoms with Gasteiger partial charge in [0.05, 0.1) is 36.8 Å². The van der Waals surface area contributed by atoms with Gasteiger partial charge in [0.1, 0.15) is 30.0 Å². The zero-order valence-electron chi connectivity index (χ0n) is 17.0. The van der Waals surface area contributed by atoms with Gasteiger partial charge < -0.3 is 29.0 Å². The van der Waals surface area contributed by atoms with Gasteiger partial charge in [-0.25, -0.2) is 14.4 Å². The first-order valence-electron chi connectivity index (χ1n) is 9.93. The molecule has 0 radical (unpaired) electrons. The van der Waals surface area contributed by atoms with Crippen LogP contribution in [-0.2, 0) is 9.47 Å². The highest BCUT2D eigenvalue weighted by atomic mass is 79.9. The van der Waals surface area contributed by atoms with Gasteiger partial charge in [0.25, 0.3) is 0 Å². The monoisotopic (exact) mass is 503 g/mol. The topological polar surface area (TPSA) is 98.9 Å². The molecule has 10 heteroatoms. The van der Waals surface area contributed by atoms with E-state index in [0.717, 1.165) is 0 Å². The standard InChI is InChI=1S/C22H19BrFN3O5/c1-30-20-17-13(3-2-12-4-5-14(23)8-15(12)24)9-27(19(17)25-11-26-20)21-22(6-7-31-22)18(29)16(10-28)32-21/h4-5,8-9,11,16,18,21,28-29H,6-7,10H2,1H3/t16-,18-,21-,22-/m1/s1. The van der Waals surface area contributed by atoms with E-state index >= 15 is 0 Å². The lowest BCUT2D eigenvalue weighted by molar-refractivity contribution is -0.225. The maximum absolute atomic E-state index is 14.3. The van der Waals surface area contributed by atoms with E-state index in [0.29, 0.717) is 40.0 Å². The number of aromatic nitrogens is 3. The number of nitrogens with zero attached hydrogens (tertiary/aromatic N) is 3. The number of benzene rings is 1. The summed E-state index contributed by atoms with van der Waals surface area (Å²) in [6, 6.07) is 4.64. The van der Waals surface area contributed by atoms with E-state index in [9.17, 15) is 14.6 Å². The molecule has 3 aromatic rings. The van der Waals surface area contributed by atoms with Crippen molar-refractivity contribution in [1.82, 2.24) is 14.5 Å². The molecule has 2 N–H and O–H groups in total. The molecule has 0 bridgehead atoms. The highest BCUT2D eigenvalue weighted by Gasteiger charge is 2.61. The summed E-state index contributed by atoms with van der Waals surface area (Å²) in [5.74, 6) is 5.69. The zero-order valence-corrected chi connectivity index (χ0v) is 18.5. The lowest BCUT2D eigenvalue weighted by atomic mass is 9.86. The Bertz CT molecular complexity index is 1250. The summed E-state index contributed by atoms with van der Waals surface area (Å²) < 4.78 is 33.8. The van der Waals surface area contributed by atoms with Gasteiger partial charge in [-0.1, -0.05) is 27.8 Å². The molecule has 0 saturated carbocycles. The molecule has 4 atom stereocenters. The number of rotatable bonds is 3. The maximum Gasteiger partial charge on any atom is 0.227 e. The number of ether oxygens (including phenoxy) is 3. The van der Waals surface area contributed by atoms with Crippen LogP contribution in [0.5, 0.6) is 5.88 Å². The Labute approximate surface area is 191 Å². The number of hydrogen-bond donors (Lipinski definition) is 2. The van der Waals surface area contributed by atoms with Gasteiger partial charge >= 0.3 is 0 Å². The van der Waals surface area contributed by atoms with E-state index < -0.39 is 29.9 Å². The maximum atomic E-state index is 14.3. The minimum atomic E-state index is -1.00. The molecular formula is C22H19BrFN3O5. The number of aliphatic hydroxyl groups is 2. The Balaban J connectivity index is 1.66. The molecule has 4 heterocycles.